The lowest BCUT2D eigenvalue weighted by Gasteiger charge is -2.09. The first-order valence-electron chi connectivity index (χ1n) is 6.17. The number of hydrogen-bond donors (Lipinski definition) is 0. The first-order valence-corrected chi connectivity index (χ1v) is 7.58. The third-order valence-corrected chi connectivity index (χ3v) is 4.03. The van der Waals surface area contributed by atoms with Gasteiger partial charge in [-0.05, 0) is 24.5 Å². The molecule has 0 aromatic heterocycles. The minimum Gasteiger partial charge on any atom is -0.264 e. The van der Waals surface area contributed by atoms with Gasteiger partial charge in [-0.3, -0.25) is 4.18 Å². The van der Waals surface area contributed by atoms with E-state index >= 15 is 0 Å². The molecule has 0 saturated heterocycles. The Bertz CT molecular complexity index is 454. The Labute approximate surface area is 109 Å². The molecule has 0 aliphatic rings. The number of hydrogen-bond acceptors (Lipinski definition) is 3. The Hall–Kier alpha value is -0.910. The summed E-state index contributed by atoms with van der Waals surface area (Å²) >= 11 is 0. The lowest BCUT2D eigenvalue weighted by molar-refractivity contribution is 0.141. The third kappa shape index (κ3) is 4.40. The molecule has 0 unspecified atom stereocenters. The van der Waals surface area contributed by atoms with Crippen molar-refractivity contribution in [2.75, 3.05) is 13.2 Å². The lowest BCUT2D eigenvalue weighted by Crippen LogP contribution is -2.11. The fourth-order valence-corrected chi connectivity index (χ4v) is 2.88. The fourth-order valence-electron chi connectivity index (χ4n) is 1.73. The van der Waals surface area contributed by atoms with Crippen molar-refractivity contribution in [2.45, 2.75) is 37.5 Å². The van der Waals surface area contributed by atoms with Gasteiger partial charge in [0.2, 0.25) is 0 Å². The van der Waals surface area contributed by atoms with Crippen LogP contribution in [0.25, 0.3) is 0 Å². The topological polar surface area (TPSA) is 63.3 Å². The molecule has 1 aromatic carbocycles. The standard InChI is InChI=1S/C13H19O4S/c1-2-3-4-7-12-8-5-6-9-13(12)18(15,16)17-11-10-14/h5-6,8-9H,2-4,7,10-11H2,1H3. The van der Waals surface area contributed by atoms with E-state index in [0.29, 0.717) is 6.42 Å². The highest BCUT2D eigenvalue weighted by Gasteiger charge is 2.18. The van der Waals surface area contributed by atoms with Crippen LogP contribution in [0, 0.1) is 0 Å². The predicted octanol–water partition coefficient (Wildman–Crippen LogP) is 2.56. The second-order valence-electron chi connectivity index (χ2n) is 4.05. The molecule has 18 heavy (non-hydrogen) atoms. The van der Waals surface area contributed by atoms with Crippen LogP contribution in [0.4, 0.5) is 0 Å². The van der Waals surface area contributed by atoms with E-state index in [1.807, 2.05) is 6.07 Å². The SMILES string of the molecule is CCCCCc1ccccc1S(=O)(=O)OCC[O]. The fraction of sp³-hybridized carbons (Fsp3) is 0.538. The van der Waals surface area contributed by atoms with Gasteiger partial charge in [-0.1, -0.05) is 38.0 Å². The van der Waals surface area contributed by atoms with Gasteiger partial charge in [0, 0.05) is 0 Å². The molecular formula is C13H19O4S. The lowest BCUT2D eigenvalue weighted by atomic mass is 10.1. The molecule has 0 amide bonds. The van der Waals surface area contributed by atoms with Crippen molar-refractivity contribution in [2.24, 2.45) is 0 Å². The van der Waals surface area contributed by atoms with E-state index in [9.17, 15) is 13.5 Å². The van der Waals surface area contributed by atoms with Gasteiger partial charge in [-0.2, -0.15) is 8.42 Å². The Morgan fingerprint density at radius 3 is 2.56 bits per heavy atom. The van der Waals surface area contributed by atoms with E-state index in [4.69, 9.17) is 0 Å². The summed E-state index contributed by atoms with van der Waals surface area (Å²) in [6, 6.07) is 6.80. The van der Waals surface area contributed by atoms with Crippen LogP contribution in [0.1, 0.15) is 31.7 Å². The first-order chi connectivity index (χ1) is 8.61. The molecule has 0 atom stereocenters. The van der Waals surface area contributed by atoms with E-state index in [0.717, 1.165) is 24.8 Å². The van der Waals surface area contributed by atoms with E-state index < -0.39 is 16.7 Å². The summed E-state index contributed by atoms with van der Waals surface area (Å²) in [7, 11) is -3.79. The average molecular weight is 271 g/mol. The molecule has 0 N–H and O–H groups in total. The summed E-state index contributed by atoms with van der Waals surface area (Å²) in [6.45, 7) is 1.23. The number of benzene rings is 1. The maximum Gasteiger partial charge on any atom is 0.297 e. The normalized spacial score (nSPS) is 11.7. The molecule has 1 aromatic rings. The van der Waals surface area contributed by atoms with Gasteiger partial charge >= 0.3 is 0 Å². The molecular weight excluding hydrogens is 252 g/mol. The highest BCUT2D eigenvalue weighted by atomic mass is 32.2. The Kier molecular flexibility index (Phi) is 6.32. The summed E-state index contributed by atoms with van der Waals surface area (Å²) in [5.74, 6) is 0. The molecule has 0 fully saturated rings. The molecule has 0 bridgehead atoms. The second-order valence-corrected chi connectivity index (χ2v) is 5.63. The van der Waals surface area contributed by atoms with Crippen molar-refractivity contribution in [1.29, 1.82) is 0 Å². The highest BCUT2D eigenvalue weighted by Crippen LogP contribution is 2.20. The molecule has 101 valence electrons. The average Bonchev–Trinajstić information content (AvgIpc) is 2.37. The number of aryl methyl sites for hydroxylation is 1. The van der Waals surface area contributed by atoms with Gasteiger partial charge in [0.05, 0.1) is 11.5 Å². The molecule has 4 nitrogen and oxygen atoms in total. The van der Waals surface area contributed by atoms with Crippen LogP contribution in [-0.2, 0) is 25.8 Å². The summed E-state index contributed by atoms with van der Waals surface area (Å²) in [5.41, 5.74) is 0.761. The maximum atomic E-state index is 11.9. The summed E-state index contributed by atoms with van der Waals surface area (Å²) < 4.78 is 28.4. The van der Waals surface area contributed by atoms with Crippen molar-refractivity contribution in [3.8, 4) is 0 Å². The first kappa shape index (κ1) is 15.1. The minimum absolute atomic E-state index is 0.189. The van der Waals surface area contributed by atoms with Crippen LogP contribution in [0.3, 0.4) is 0 Å². The Balaban J connectivity index is 2.87. The number of unbranched alkanes of at least 4 members (excludes halogenated alkanes) is 2. The highest BCUT2D eigenvalue weighted by molar-refractivity contribution is 7.86. The zero-order valence-electron chi connectivity index (χ0n) is 10.6. The van der Waals surface area contributed by atoms with E-state index in [-0.39, 0.29) is 11.5 Å². The van der Waals surface area contributed by atoms with Crippen LogP contribution in [0.15, 0.2) is 29.2 Å². The van der Waals surface area contributed by atoms with Gasteiger partial charge in [0.1, 0.15) is 6.61 Å². The quantitative estimate of drug-likeness (QED) is 0.539. The Morgan fingerprint density at radius 1 is 1.17 bits per heavy atom. The van der Waals surface area contributed by atoms with Crippen LogP contribution < -0.4 is 0 Å². The van der Waals surface area contributed by atoms with Gasteiger partial charge in [-0.25, -0.2) is 5.11 Å². The number of rotatable bonds is 8. The van der Waals surface area contributed by atoms with Crippen LogP contribution in [0.5, 0.6) is 0 Å². The molecule has 0 aliphatic carbocycles. The molecule has 0 heterocycles. The van der Waals surface area contributed by atoms with E-state index in [2.05, 4.69) is 11.1 Å². The van der Waals surface area contributed by atoms with Crippen LogP contribution >= 0.6 is 0 Å². The summed E-state index contributed by atoms with van der Waals surface area (Å²) in [5, 5.41) is 10.3. The second kappa shape index (κ2) is 7.51. The third-order valence-electron chi connectivity index (χ3n) is 2.61. The molecule has 0 spiro atoms. The van der Waals surface area contributed by atoms with Crippen molar-refractivity contribution < 1.29 is 17.7 Å². The molecule has 5 heteroatoms. The van der Waals surface area contributed by atoms with Gasteiger partial charge < -0.3 is 0 Å². The largest absolute Gasteiger partial charge is 0.297 e. The van der Waals surface area contributed by atoms with E-state index in [1.165, 1.54) is 6.07 Å². The minimum atomic E-state index is -3.79. The van der Waals surface area contributed by atoms with Crippen molar-refractivity contribution in [1.82, 2.24) is 0 Å². The predicted molar refractivity (Wildman–Crippen MR) is 68.4 cm³/mol. The van der Waals surface area contributed by atoms with E-state index in [1.54, 1.807) is 12.1 Å². The van der Waals surface area contributed by atoms with Gasteiger partial charge in [0.15, 0.2) is 0 Å². The van der Waals surface area contributed by atoms with Crippen LogP contribution in [-0.4, -0.2) is 21.6 Å². The zero-order chi connectivity index (χ0) is 13.4. The smallest absolute Gasteiger partial charge is 0.264 e. The summed E-state index contributed by atoms with van der Waals surface area (Å²) in [6.07, 6.45) is 3.81. The Morgan fingerprint density at radius 2 is 1.89 bits per heavy atom. The molecule has 1 radical (unpaired) electrons. The summed E-state index contributed by atoms with van der Waals surface area (Å²) in [4.78, 5) is 0.189. The van der Waals surface area contributed by atoms with Crippen molar-refractivity contribution in [3.63, 3.8) is 0 Å². The molecule has 0 saturated carbocycles. The molecule has 0 aliphatic heterocycles. The van der Waals surface area contributed by atoms with Gasteiger partial charge in [0.25, 0.3) is 10.1 Å². The maximum absolute atomic E-state index is 11.9. The zero-order valence-corrected chi connectivity index (χ0v) is 11.4. The van der Waals surface area contributed by atoms with Gasteiger partial charge in [-0.15, -0.1) is 0 Å². The monoisotopic (exact) mass is 271 g/mol. The molecule has 1 rings (SSSR count). The van der Waals surface area contributed by atoms with Crippen LogP contribution in [0.2, 0.25) is 0 Å². The van der Waals surface area contributed by atoms with Crippen molar-refractivity contribution in [3.05, 3.63) is 29.8 Å². The van der Waals surface area contributed by atoms with Crippen molar-refractivity contribution >= 4 is 10.1 Å².